The molecule has 0 bridgehead atoms. The summed E-state index contributed by atoms with van der Waals surface area (Å²) in [6.07, 6.45) is 3.67. The number of aromatic nitrogens is 2. The van der Waals surface area contributed by atoms with Crippen molar-refractivity contribution in [2.45, 2.75) is 25.8 Å². The molecule has 1 aliphatic rings. The van der Waals surface area contributed by atoms with Gasteiger partial charge in [0, 0.05) is 39.1 Å². The van der Waals surface area contributed by atoms with E-state index < -0.39 is 0 Å². The van der Waals surface area contributed by atoms with Gasteiger partial charge >= 0.3 is 0 Å². The Morgan fingerprint density at radius 2 is 2.28 bits per heavy atom. The zero-order valence-corrected chi connectivity index (χ0v) is 15.1. The first kappa shape index (κ1) is 17.5. The second kappa shape index (κ2) is 7.70. The molecular weight excluding hydrogens is 316 g/mol. The molecule has 1 saturated heterocycles. The van der Waals surface area contributed by atoms with Crippen LogP contribution in [-0.4, -0.2) is 46.6 Å². The van der Waals surface area contributed by atoms with Gasteiger partial charge in [-0.3, -0.25) is 4.79 Å². The summed E-state index contributed by atoms with van der Waals surface area (Å²) in [5, 5.41) is 3.34. The maximum Gasteiger partial charge on any atom is 0.261 e. The van der Waals surface area contributed by atoms with Crippen molar-refractivity contribution >= 4 is 5.91 Å². The Kier molecular flexibility index (Phi) is 5.38. The quantitative estimate of drug-likeness (QED) is 0.904. The SMILES string of the molecule is CC(C)c1cccc(OCC(=O)N2CCNCC2c2nccn2C)c1. The van der Waals surface area contributed by atoms with Crippen LogP contribution in [0.4, 0.5) is 0 Å². The average Bonchev–Trinajstić information content (AvgIpc) is 3.05. The van der Waals surface area contributed by atoms with Gasteiger partial charge in [-0.15, -0.1) is 0 Å². The van der Waals surface area contributed by atoms with Crippen LogP contribution in [0.25, 0.3) is 0 Å². The molecule has 1 aromatic heterocycles. The molecule has 1 unspecified atom stereocenters. The molecule has 1 aromatic carbocycles. The lowest BCUT2D eigenvalue weighted by Gasteiger charge is -2.35. The number of rotatable bonds is 5. The number of piperazine rings is 1. The minimum atomic E-state index is -0.0631. The molecular formula is C19H26N4O2. The van der Waals surface area contributed by atoms with Crippen molar-refractivity contribution in [3.63, 3.8) is 0 Å². The Bertz CT molecular complexity index is 726. The Balaban J connectivity index is 1.67. The molecule has 1 atom stereocenters. The predicted octanol–water partition coefficient (Wildman–Crippen LogP) is 2.10. The van der Waals surface area contributed by atoms with Crippen LogP contribution in [0.15, 0.2) is 36.7 Å². The minimum Gasteiger partial charge on any atom is -0.484 e. The van der Waals surface area contributed by atoms with Gasteiger partial charge in [0.25, 0.3) is 5.91 Å². The van der Waals surface area contributed by atoms with Gasteiger partial charge in [0.15, 0.2) is 6.61 Å². The number of nitrogens with zero attached hydrogens (tertiary/aromatic N) is 3. The molecule has 0 saturated carbocycles. The highest BCUT2D eigenvalue weighted by atomic mass is 16.5. The van der Waals surface area contributed by atoms with E-state index in [9.17, 15) is 4.79 Å². The van der Waals surface area contributed by atoms with Crippen molar-refractivity contribution in [1.82, 2.24) is 19.8 Å². The smallest absolute Gasteiger partial charge is 0.261 e. The van der Waals surface area contributed by atoms with Crippen LogP contribution in [0.3, 0.4) is 0 Å². The molecule has 3 rings (SSSR count). The number of aryl methyl sites for hydroxylation is 1. The van der Waals surface area contributed by atoms with E-state index in [1.54, 1.807) is 6.20 Å². The van der Waals surface area contributed by atoms with Crippen LogP contribution in [-0.2, 0) is 11.8 Å². The number of ether oxygens (including phenoxy) is 1. The average molecular weight is 342 g/mol. The zero-order chi connectivity index (χ0) is 17.8. The third-order valence-corrected chi connectivity index (χ3v) is 4.61. The summed E-state index contributed by atoms with van der Waals surface area (Å²) in [7, 11) is 1.95. The summed E-state index contributed by atoms with van der Waals surface area (Å²) in [6.45, 7) is 6.48. The first-order valence-corrected chi connectivity index (χ1v) is 8.76. The number of hydrogen-bond donors (Lipinski definition) is 1. The summed E-state index contributed by atoms with van der Waals surface area (Å²) in [5.41, 5.74) is 1.21. The van der Waals surface area contributed by atoms with E-state index in [0.29, 0.717) is 19.0 Å². The third-order valence-electron chi connectivity index (χ3n) is 4.61. The Hall–Kier alpha value is -2.34. The van der Waals surface area contributed by atoms with Crippen molar-refractivity contribution in [3.8, 4) is 5.75 Å². The van der Waals surface area contributed by atoms with Gasteiger partial charge in [-0.25, -0.2) is 4.98 Å². The zero-order valence-electron chi connectivity index (χ0n) is 15.1. The highest BCUT2D eigenvalue weighted by molar-refractivity contribution is 5.78. The lowest BCUT2D eigenvalue weighted by Crippen LogP contribution is -2.50. The molecule has 0 radical (unpaired) electrons. The normalized spacial score (nSPS) is 17.8. The van der Waals surface area contributed by atoms with Gasteiger partial charge in [0.1, 0.15) is 17.6 Å². The maximum atomic E-state index is 12.7. The lowest BCUT2D eigenvalue weighted by atomic mass is 10.0. The fraction of sp³-hybridized carbons (Fsp3) is 0.474. The van der Waals surface area contributed by atoms with Gasteiger partial charge in [0.05, 0.1) is 0 Å². The van der Waals surface area contributed by atoms with Gasteiger partial charge in [-0.05, 0) is 23.6 Å². The van der Waals surface area contributed by atoms with Gasteiger partial charge in [0.2, 0.25) is 0 Å². The Morgan fingerprint density at radius 3 is 3.00 bits per heavy atom. The van der Waals surface area contributed by atoms with Crippen LogP contribution in [0, 0.1) is 0 Å². The minimum absolute atomic E-state index is 0.00977. The molecule has 1 aliphatic heterocycles. The molecule has 2 heterocycles. The number of amides is 1. The van der Waals surface area contributed by atoms with E-state index in [1.165, 1.54) is 5.56 Å². The van der Waals surface area contributed by atoms with E-state index in [2.05, 4.69) is 30.2 Å². The van der Waals surface area contributed by atoms with Crippen molar-refractivity contribution in [1.29, 1.82) is 0 Å². The Labute approximate surface area is 148 Å². The predicted molar refractivity (Wildman–Crippen MR) is 96.6 cm³/mol. The molecule has 25 heavy (non-hydrogen) atoms. The number of hydrogen-bond acceptors (Lipinski definition) is 4. The first-order chi connectivity index (χ1) is 12.1. The molecule has 1 N–H and O–H groups in total. The van der Waals surface area contributed by atoms with Crippen LogP contribution >= 0.6 is 0 Å². The van der Waals surface area contributed by atoms with Gasteiger partial charge in [-0.2, -0.15) is 0 Å². The van der Waals surface area contributed by atoms with Crippen molar-refractivity contribution < 1.29 is 9.53 Å². The standard InChI is InChI=1S/C19H26N4O2/c1-14(2)15-5-4-6-16(11-15)25-13-18(24)23-10-7-20-12-17(23)19-21-8-9-22(19)3/h4-6,8-9,11,14,17,20H,7,10,12-13H2,1-3H3. The first-order valence-electron chi connectivity index (χ1n) is 8.76. The maximum absolute atomic E-state index is 12.7. The van der Waals surface area contributed by atoms with E-state index in [1.807, 2.05) is 40.9 Å². The number of benzene rings is 1. The third kappa shape index (κ3) is 4.02. The van der Waals surface area contributed by atoms with Crippen LogP contribution in [0.5, 0.6) is 5.75 Å². The fourth-order valence-electron chi connectivity index (χ4n) is 3.12. The van der Waals surface area contributed by atoms with E-state index in [4.69, 9.17) is 4.74 Å². The second-order valence-corrected chi connectivity index (χ2v) is 6.72. The fourth-order valence-corrected chi connectivity index (χ4v) is 3.12. The molecule has 2 aromatic rings. The molecule has 6 nitrogen and oxygen atoms in total. The summed E-state index contributed by atoms with van der Waals surface area (Å²) >= 11 is 0. The van der Waals surface area contributed by atoms with Crippen LogP contribution in [0.1, 0.15) is 37.2 Å². The highest BCUT2D eigenvalue weighted by Gasteiger charge is 2.30. The summed E-state index contributed by atoms with van der Waals surface area (Å²) in [4.78, 5) is 19.0. The second-order valence-electron chi connectivity index (χ2n) is 6.72. The molecule has 1 amide bonds. The lowest BCUT2D eigenvalue weighted by molar-refractivity contribution is -0.137. The molecule has 134 valence electrons. The van der Waals surface area contributed by atoms with E-state index in [-0.39, 0.29) is 18.6 Å². The van der Waals surface area contributed by atoms with Crippen molar-refractivity contribution in [3.05, 3.63) is 48.0 Å². The van der Waals surface area contributed by atoms with Crippen molar-refractivity contribution in [2.24, 2.45) is 7.05 Å². The van der Waals surface area contributed by atoms with E-state index >= 15 is 0 Å². The molecule has 0 aliphatic carbocycles. The number of carbonyl (C=O) groups is 1. The molecule has 6 heteroatoms. The van der Waals surface area contributed by atoms with Crippen molar-refractivity contribution in [2.75, 3.05) is 26.2 Å². The number of carbonyl (C=O) groups excluding carboxylic acids is 1. The summed E-state index contributed by atoms with van der Waals surface area (Å²) < 4.78 is 7.73. The Morgan fingerprint density at radius 1 is 1.44 bits per heavy atom. The van der Waals surface area contributed by atoms with Crippen LogP contribution in [0.2, 0.25) is 0 Å². The highest BCUT2D eigenvalue weighted by Crippen LogP contribution is 2.22. The number of imidazole rings is 1. The topological polar surface area (TPSA) is 59.4 Å². The molecule has 0 spiro atoms. The summed E-state index contributed by atoms with van der Waals surface area (Å²) in [6, 6.07) is 7.88. The van der Waals surface area contributed by atoms with Gasteiger partial charge < -0.3 is 19.5 Å². The van der Waals surface area contributed by atoms with Crippen LogP contribution < -0.4 is 10.1 Å². The molecule has 1 fully saturated rings. The van der Waals surface area contributed by atoms with Gasteiger partial charge in [-0.1, -0.05) is 26.0 Å². The van der Waals surface area contributed by atoms with E-state index in [0.717, 1.165) is 18.1 Å². The monoisotopic (exact) mass is 342 g/mol. The summed E-state index contributed by atoms with van der Waals surface area (Å²) in [5.74, 6) is 2.05. The number of nitrogens with one attached hydrogen (secondary N) is 1. The largest absolute Gasteiger partial charge is 0.484 e.